The first-order chi connectivity index (χ1) is 26.9. The van der Waals surface area contributed by atoms with Gasteiger partial charge < -0.3 is 9.71 Å². The van der Waals surface area contributed by atoms with Crippen LogP contribution in [-0.2, 0) is 16.2 Å². The van der Waals surface area contributed by atoms with Crippen molar-refractivity contribution in [2.75, 3.05) is 9.71 Å². The highest BCUT2D eigenvalue weighted by Crippen LogP contribution is 2.60. The molecule has 3 heteroatoms. The number of nitrogens with zero attached hydrogens (tertiary/aromatic N) is 2. The summed E-state index contributed by atoms with van der Waals surface area (Å²) in [6, 6.07) is 53.7. The largest absolute Gasteiger partial charge is 0.376 e. The minimum Gasteiger partial charge on any atom is -0.376 e. The predicted molar refractivity (Wildman–Crippen MR) is 239 cm³/mol. The number of fused-ring (bicyclic) bond motifs is 10. The van der Waals surface area contributed by atoms with E-state index >= 15 is 0 Å². The van der Waals surface area contributed by atoms with Crippen LogP contribution in [0.5, 0.6) is 0 Å². The highest BCUT2D eigenvalue weighted by molar-refractivity contribution is 6.93. The summed E-state index contributed by atoms with van der Waals surface area (Å²) in [6.07, 6.45) is 0. The summed E-state index contributed by atoms with van der Waals surface area (Å²) in [5.74, 6) is 0. The van der Waals surface area contributed by atoms with E-state index in [1.807, 2.05) is 0 Å². The second kappa shape index (κ2) is 11.2. The van der Waals surface area contributed by atoms with Gasteiger partial charge in [-0.25, -0.2) is 0 Å². The van der Waals surface area contributed by atoms with Gasteiger partial charge in [-0.15, -0.1) is 0 Å². The Morgan fingerprint density at radius 3 is 1.93 bits per heavy atom. The van der Waals surface area contributed by atoms with Gasteiger partial charge in [0.15, 0.2) is 0 Å². The molecule has 3 heterocycles. The lowest BCUT2D eigenvalue weighted by Gasteiger charge is -2.51. The lowest BCUT2D eigenvalue weighted by Crippen LogP contribution is -2.62. The number of para-hydroxylation sites is 2. The summed E-state index contributed by atoms with van der Waals surface area (Å²) >= 11 is 0. The molecule has 7 aromatic rings. The Kier molecular flexibility index (Phi) is 6.68. The third-order valence-corrected chi connectivity index (χ3v) is 13.7. The minimum absolute atomic E-state index is 0.0476. The molecule has 0 spiro atoms. The Balaban J connectivity index is 1.32. The molecule has 0 bridgehead atoms. The number of benzene rings is 7. The van der Waals surface area contributed by atoms with E-state index in [1.54, 1.807) is 0 Å². The number of hydrogen-bond acceptors (Lipinski definition) is 2. The average molecular weight is 723 g/mol. The zero-order valence-electron chi connectivity index (χ0n) is 33.8. The lowest BCUT2D eigenvalue weighted by molar-refractivity contribution is 0.590. The van der Waals surface area contributed by atoms with Crippen molar-refractivity contribution in [2.45, 2.75) is 71.6 Å². The SMILES string of the molecule is Cc1ccccc1-c1cc2c3c(c1)N1c4ccccc4C(C)(C)c4cccc(c41)B3N(c1ccc(C(C)(C)C)cc1)c1c-2ccc2c1-c1ccccc1C2(C)C. The van der Waals surface area contributed by atoms with E-state index in [2.05, 4.69) is 205 Å². The normalized spacial score (nSPS) is 16.0. The molecule has 2 nitrogen and oxygen atoms in total. The molecule has 0 amide bonds. The van der Waals surface area contributed by atoms with Crippen LogP contribution in [0.4, 0.5) is 28.4 Å². The van der Waals surface area contributed by atoms with E-state index in [1.165, 1.54) is 106 Å². The third kappa shape index (κ3) is 4.29. The van der Waals surface area contributed by atoms with Crippen LogP contribution in [0, 0.1) is 6.92 Å². The average Bonchev–Trinajstić information content (AvgIpc) is 3.43. The fourth-order valence-electron chi connectivity index (χ4n) is 10.8. The first kappa shape index (κ1) is 33.5. The highest BCUT2D eigenvalue weighted by atomic mass is 15.2. The van der Waals surface area contributed by atoms with Gasteiger partial charge in [0, 0.05) is 44.7 Å². The maximum Gasteiger partial charge on any atom is 0.333 e. The zero-order chi connectivity index (χ0) is 38.5. The number of aryl methyl sites for hydroxylation is 1. The molecular weight excluding hydrogens is 675 g/mol. The number of hydrogen-bond donors (Lipinski definition) is 0. The Labute approximate surface area is 332 Å². The molecule has 0 radical (unpaired) electrons. The van der Waals surface area contributed by atoms with Crippen LogP contribution in [0.15, 0.2) is 140 Å². The molecule has 11 rings (SSSR count). The van der Waals surface area contributed by atoms with Crippen molar-refractivity contribution in [1.29, 1.82) is 0 Å². The van der Waals surface area contributed by atoms with Gasteiger partial charge in [-0.3, -0.25) is 0 Å². The van der Waals surface area contributed by atoms with Gasteiger partial charge in [0.25, 0.3) is 0 Å². The molecule has 0 aromatic heterocycles. The fraction of sp³-hybridized carbons (Fsp3) is 0.208. The Bertz CT molecular complexity index is 2820. The Morgan fingerprint density at radius 2 is 1.18 bits per heavy atom. The molecule has 7 aromatic carbocycles. The van der Waals surface area contributed by atoms with Gasteiger partial charge in [-0.1, -0.05) is 158 Å². The maximum atomic E-state index is 2.73. The van der Waals surface area contributed by atoms with Crippen molar-refractivity contribution in [3.05, 3.63) is 173 Å². The number of anilines is 5. The van der Waals surface area contributed by atoms with E-state index in [9.17, 15) is 0 Å². The molecule has 56 heavy (non-hydrogen) atoms. The van der Waals surface area contributed by atoms with Crippen molar-refractivity contribution in [3.63, 3.8) is 0 Å². The first-order valence-corrected chi connectivity index (χ1v) is 20.3. The van der Waals surface area contributed by atoms with Crippen molar-refractivity contribution >= 4 is 46.2 Å². The molecule has 0 N–H and O–H groups in total. The van der Waals surface area contributed by atoms with Gasteiger partial charge in [0.1, 0.15) is 0 Å². The third-order valence-electron chi connectivity index (χ3n) is 13.7. The Hall–Kier alpha value is -5.80. The van der Waals surface area contributed by atoms with Crippen LogP contribution in [0.1, 0.15) is 81.8 Å². The molecule has 0 saturated heterocycles. The van der Waals surface area contributed by atoms with Crippen molar-refractivity contribution in [3.8, 4) is 33.4 Å². The highest BCUT2D eigenvalue weighted by Gasteiger charge is 2.51. The standard InChI is InChI=1S/C53H47BN2/c1-32-16-9-10-17-36(32)33-30-39-37-28-29-42-47(38-18-11-12-19-40(38)52(42,5)6)49(37)56(35-26-24-34(25-27-35)51(2,3)4)54-44-22-15-21-43-50(44)55(46(31-33)48(39)54)45-23-14-13-20-41(45)53(43,7)8/h9-31H,1-8H3. The minimum atomic E-state index is -0.178. The summed E-state index contributed by atoms with van der Waals surface area (Å²) in [4.78, 5) is 5.36. The van der Waals surface area contributed by atoms with Gasteiger partial charge >= 0.3 is 6.85 Å². The van der Waals surface area contributed by atoms with Crippen LogP contribution in [0.25, 0.3) is 33.4 Å². The smallest absolute Gasteiger partial charge is 0.333 e. The van der Waals surface area contributed by atoms with Gasteiger partial charge in [0.05, 0.1) is 5.69 Å². The second-order valence-electron chi connectivity index (χ2n) is 18.6. The predicted octanol–water partition coefficient (Wildman–Crippen LogP) is 12.6. The molecule has 272 valence electrons. The van der Waals surface area contributed by atoms with E-state index < -0.39 is 0 Å². The summed E-state index contributed by atoms with van der Waals surface area (Å²) in [5, 5.41) is 0. The molecule has 0 fully saturated rings. The quantitative estimate of drug-likeness (QED) is 0.164. The van der Waals surface area contributed by atoms with Crippen LogP contribution in [0.3, 0.4) is 0 Å². The molecule has 4 aliphatic rings. The molecular formula is C53H47BN2. The molecule has 0 unspecified atom stereocenters. The van der Waals surface area contributed by atoms with Gasteiger partial charge in [-0.05, 0) is 109 Å². The summed E-state index contributed by atoms with van der Waals surface area (Å²) in [5.41, 5.74) is 24.9. The van der Waals surface area contributed by atoms with Crippen LogP contribution >= 0.6 is 0 Å². The van der Waals surface area contributed by atoms with E-state index in [0.717, 1.165) is 0 Å². The monoisotopic (exact) mass is 722 g/mol. The maximum absolute atomic E-state index is 2.73. The van der Waals surface area contributed by atoms with Crippen LogP contribution < -0.4 is 20.6 Å². The molecule has 0 saturated carbocycles. The van der Waals surface area contributed by atoms with Crippen molar-refractivity contribution in [2.24, 2.45) is 0 Å². The fourth-order valence-corrected chi connectivity index (χ4v) is 10.8. The summed E-state index contributed by atoms with van der Waals surface area (Å²) < 4.78 is 0. The van der Waals surface area contributed by atoms with Crippen molar-refractivity contribution < 1.29 is 0 Å². The van der Waals surface area contributed by atoms with E-state index in [0.29, 0.717) is 0 Å². The first-order valence-electron chi connectivity index (χ1n) is 20.3. The van der Waals surface area contributed by atoms with Gasteiger partial charge in [-0.2, -0.15) is 0 Å². The van der Waals surface area contributed by atoms with Crippen molar-refractivity contribution in [1.82, 2.24) is 0 Å². The second-order valence-corrected chi connectivity index (χ2v) is 18.6. The molecule has 0 atom stereocenters. The van der Waals surface area contributed by atoms with Gasteiger partial charge in [0.2, 0.25) is 0 Å². The van der Waals surface area contributed by atoms with Crippen LogP contribution in [0.2, 0.25) is 0 Å². The topological polar surface area (TPSA) is 6.48 Å². The summed E-state index contributed by atoms with van der Waals surface area (Å²) in [6.45, 7) is 18.8. The lowest BCUT2D eigenvalue weighted by atomic mass is 9.42. The summed E-state index contributed by atoms with van der Waals surface area (Å²) in [7, 11) is 0. The van der Waals surface area contributed by atoms with Crippen LogP contribution in [-0.4, -0.2) is 6.85 Å². The zero-order valence-corrected chi connectivity index (χ0v) is 33.8. The van der Waals surface area contributed by atoms with E-state index in [-0.39, 0.29) is 23.1 Å². The van der Waals surface area contributed by atoms with E-state index in [4.69, 9.17) is 0 Å². The number of rotatable bonds is 2. The molecule has 3 aliphatic heterocycles. The molecule has 1 aliphatic carbocycles. The Morgan fingerprint density at radius 1 is 0.518 bits per heavy atom.